The highest BCUT2D eigenvalue weighted by molar-refractivity contribution is 7.71. The monoisotopic (exact) mass is 289 g/mol. The Morgan fingerprint density at radius 1 is 1.25 bits per heavy atom. The van der Waals surface area contributed by atoms with Crippen LogP contribution in [0.5, 0.6) is 0 Å². The van der Waals surface area contributed by atoms with Crippen LogP contribution in [0.25, 0.3) is 17.1 Å². The highest BCUT2D eigenvalue weighted by Crippen LogP contribution is 2.23. The number of hydrogen-bond acceptors (Lipinski definition) is 3. The van der Waals surface area contributed by atoms with Gasteiger partial charge in [0, 0.05) is 7.05 Å². The van der Waals surface area contributed by atoms with Crippen molar-refractivity contribution in [2.45, 2.75) is 6.92 Å². The zero-order chi connectivity index (χ0) is 14.3. The van der Waals surface area contributed by atoms with E-state index in [9.17, 15) is 4.39 Å². The first-order chi connectivity index (χ1) is 9.58. The van der Waals surface area contributed by atoms with Gasteiger partial charge in [0.2, 0.25) is 0 Å². The molecule has 0 unspecified atom stereocenters. The van der Waals surface area contributed by atoms with E-state index >= 15 is 0 Å². The number of hydrogen-bond donors (Lipinski definition) is 1. The smallest absolute Gasteiger partial charge is 0.195 e. The van der Waals surface area contributed by atoms with Gasteiger partial charge in [0.05, 0.1) is 23.1 Å². The average Bonchev–Trinajstić information content (AvgIpc) is 2.96. The number of nitrogens with one attached hydrogen (secondary N) is 1. The zero-order valence-electron chi connectivity index (χ0n) is 11.0. The summed E-state index contributed by atoms with van der Waals surface area (Å²) in [6.07, 6.45) is 1.73. The molecule has 20 heavy (non-hydrogen) atoms. The minimum Gasteiger partial charge on any atom is -0.303 e. The molecule has 0 saturated carbocycles. The Labute approximate surface area is 119 Å². The lowest BCUT2D eigenvalue weighted by atomic mass is 10.2. The summed E-state index contributed by atoms with van der Waals surface area (Å²) in [5.41, 5.74) is 2.59. The molecule has 3 aromatic rings. The van der Waals surface area contributed by atoms with Crippen LogP contribution in [0, 0.1) is 17.5 Å². The highest BCUT2D eigenvalue weighted by atomic mass is 32.1. The molecule has 0 radical (unpaired) electrons. The van der Waals surface area contributed by atoms with Gasteiger partial charge in [0.25, 0.3) is 0 Å². The van der Waals surface area contributed by atoms with Crippen molar-refractivity contribution in [3.8, 4) is 17.1 Å². The lowest BCUT2D eigenvalue weighted by molar-refractivity contribution is 0.627. The van der Waals surface area contributed by atoms with E-state index in [2.05, 4.69) is 15.3 Å². The van der Waals surface area contributed by atoms with Gasteiger partial charge in [-0.25, -0.2) is 9.07 Å². The highest BCUT2D eigenvalue weighted by Gasteiger charge is 2.14. The summed E-state index contributed by atoms with van der Waals surface area (Å²) in [6, 6.07) is 6.18. The molecule has 0 amide bonds. The van der Waals surface area contributed by atoms with E-state index in [4.69, 9.17) is 12.2 Å². The maximum atomic E-state index is 13.0. The third kappa shape index (κ3) is 1.96. The van der Waals surface area contributed by atoms with Crippen molar-refractivity contribution in [2.75, 3.05) is 0 Å². The third-order valence-corrected chi connectivity index (χ3v) is 3.57. The van der Waals surface area contributed by atoms with Gasteiger partial charge < -0.3 is 4.57 Å². The summed E-state index contributed by atoms with van der Waals surface area (Å²) in [7, 11) is 1.84. The normalized spacial score (nSPS) is 10.9. The summed E-state index contributed by atoms with van der Waals surface area (Å²) in [6.45, 7) is 1.93. The molecule has 5 nitrogen and oxygen atoms in total. The molecule has 0 saturated heterocycles. The number of H-pyrrole nitrogens is 1. The van der Waals surface area contributed by atoms with E-state index in [1.807, 2.05) is 14.0 Å². The lowest BCUT2D eigenvalue weighted by Gasteiger charge is -2.05. The summed E-state index contributed by atoms with van der Waals surface area (Å²) < 4.78 is 17.0. The van der Waals surface area contributed by atoms with Gasteiger partial charge in [-0.15, -0.1) is 0 Å². The summed E-state index contributed by atoms with van der Waals surface area (Å²) >= 11 is 5.11. The van der Waals surface area contributed by atoms with E-state index in [0.717, 1.165) is 22.8 Å². The van der Waals surface area contributed by atoms with Crippen LogP contribution in [-0.4, -0.2) is 24.5 Å². The molecule has 3 rings (SSSR count). The molecule has 0 bridgehead atoms. The lowest BCUT2D eigenvalue weighted by Crippen LogP contribution is -2.00. The Kier molecular flexibility index (Phi) is 2.98. The van der Waals surface area contributed by atoms with Crippen LogP contribution in [0.2, 0.25) is 0 Å². The number of rotatable bonds is 2. The van der Waals surface area contributed by atoms with Crippen LogP contribution in [-0.2, 0) is 7.05 Å². The number of aromatic nitrogens is 5. The molecule has 0 spiro atoms. The molecular weight excluding hydrogens is 277 g/mol. The van der Waals surface area contributed by atoms with Crippen LogP contribution in [0.3, 0.4) is 0 Å². The van der Waals surface area contributed by atoms with Gasteiger partial charge in [0.1, 0.15) is 5.82 Å². The van der Waals surface area contributed by atoms with Gasteiger partial charge in [-0.3, -0.25) is 5.10 Å². The molecule has 0 aliphatic rings. The van der Waals surface area contributed by atoms with Crippen molar-refractivity contribution in [1.82, 2.24) is 24.5 Å². The standard InChI is InChI=1S/C13H12FN5S/c1-8-11(12-16-17-13(20)18(12)2)7-15-19(8)10-5-3-9(14)4-6-10/h3-7H,1-2H3,(H,17,20). The predicted octanol–water partition coefficient (Wildman–Crippen LogP) is 2.78. The number of aromatic amines is 1. The Morgan fingerprint density at radius 3 is 2.55 bits per heavy atom. The Morgan fingerprint density at radius 2 is 1.95 bits per heavy atom. The second kappa shape index (κ2) is 4.68. The van der Waals surface area contributed by atoms with Crippen LogP contribution in [0.1, 0.15) is 5.69 Å². The van der Waals surface area contributed by atoms with Gasteiger partial charge >= 0.3 is 0 Å². The minimum absolute atomic E-state index is 0.270. The molecule has 2 heterocycles. The van der Waals surface area contributed by atoms with Gasteiger partial charge in [0.15, 0.2) is 10.6 Å². The molecule has 0 fully saturated rings. The average molecular weight is 289 g/mol. The maximum Gasteiger partial charge on any atom is 0.195 e. The minimum atomic E-state index is -0.270. The van der Waals surface area contributed by atoms with Crippen LogP contribution >= 0.6 is 12.2 Å². The van der Waals surface area contributed by atoms with Gasteiger partial charge in [-0.1, -0.05) is 0 Å². The predicted molar refractivity (Wildman–Crippen MR) is 75.6 cm³/mol. The van der Waals surface area contributed by atoms with Crippen molar-refractivity contribution in [2.24, 2.45) is 7.05 Å². The Bertz CT molecular complexity index is 812. The summed E-state index contributed by atoms with van der Waals surface area (Å²) in [5, 5.41) is 11.3. The Hall–Kier alpha value is -2.28. The summed E-state index contributed by atoms with van der Waals surface area (Å²) in [5.74, 6) is 0.453. The van der Waals surface area contributed by atoms with Crippen LogP contribution in [0.4, 0.5) is 4.39 Å². The van der Waals surface area contributed by atoms with E-state index in [1.54, 1.807) is 27.6 Å². The molecule has 7 heteroatoms. The summed E-state index contributed by atoms with van der Waals surface area (Å²) in [4.78, 5) is 0. The van der Waals surface area contributed by atoms with Crippen molar-refractivity contribution in [3.05, 3.63) is 46.7 Å². The van der Waals surface area contributed by atoms with E-state index in [-0.39, 0.29) is 5.82 Å². The first-order valence-corrected chi connectivity index (χ1v) is 6.41. The van der Waals surface area contributed by atoms with Crippen molar-refractivity contribution < 1.29 is 4.39 Å². The molecule has 0 aliphatic carbocycles. The van der Waals surface area contributed by atoms with Gasteiger partial charge in [-0.05, 0) is 43.4 Å². The molecule has 0 aliphatic heterocycles. The fraction of sp³-hybridized carbons (Fsp3) is 0.154. The molecular formula is C13H12FN5S. The number of nitrogens with zero attached hydrogens (tertiary/aromatic N) is 4. The van der Waals surface area contributed by atoms with E-state index in [1.165, 1.54) is 12.1 Å². The third-order valence-electron chi connectivity index (χ3n) is 3.20. The fourth-order valence-electron chi connectivity index (χ4n) is 2.06. The molecule has 0 atom stereocenters. The molecule has 102 valence electrons. The van der Waals surface area contributed by atoms with Crippen molar-refractivity contribution in [1.29, 1.82) is 0 Å². The van der Waals surface area contributed by atoms with Crippen LogP contribution < -0.4 is 0 Å². The quantitative estimate of drug-likeness (QED) is 0.738. The van der Waals surface area contributed by atoms with Crippen LogP contribution in [0.15, 0.2) is 30.5 Å². The van der Waals surface area contributed by atoms with E-state index in [0.29, 0.717) is 4.77 Å². The maximum absolute atomic E-state index is 13.0. The number of halogens is 1. The van der Waals surface area contributed by atoms with E-state index < -0.39 is 0 Å². The van der Waals surface area contributed by atoms with Crippen molar-refractivity contribution in [3.63, 3.8) is 0 Å². The molecule has 1 N–H and O–H groups in total. The zero-order valence-corrected chi connectivity index (χ0v) is 11.8. The van der Waals surface area contributed by atoms with Gasteiger partial charge in [-0.2, -0.15) is 10.2 Å². The Balaban J connectivity index is 2.11. The largest absolute Gasteiger partial charge is 0.303 e. The first kappa shape index (κ1) is 12.7. The second-order valence-corrected chi connectivity index (χ2v) is 4.83. The first-order valence-electron chi connectivity index (χ1n) is 6.00. The molecule has 2 aromatic heterocycles. The molecule has 1 aromatic carbocycles. The number of benzene rings is 1. The van der Waals surface area contributed by atoms with Crippen molar-refractivity contribution >= 4 is 12.2 Å². The topological polar surface area (TPSA) is 51.4 Å². The second-order valence-electron chi connectivity index (χ2n) is 4.44. The SMILES string of the molecule is Cc1c(-c2n[nH]c(=S)n2C)cnn1-c1ccc(F)cc1. The fourth-order valence-corrected chi connectivity index (χ4v) is 2.19.